The van der Waals surface area contributed by atoms with E-state index in [0.29, 0.717) is 11.4 Å². The summed E-state index contributed by atoms with van der Waals surface area (Å²) < 4.78 is 7.07. The number of benzene rings is 2. The number of ether oxygens (including phenoxy) is 1. The molecule has 2 aromatic carbocycles. The Morgan fingerprint density at radius 2 is 1.78 bits per heavy atom. The van der Waals surface area contributed by atoms with Gasteiger partial charge < -0.3 is 9.64 Å². The normalized spacial score (nSPS) is 11.1. The maximum Gasteiger partial charge on any atom is 0.277 e. The molecule has 0 fully saturated rings. The Morgan fingerprint density at radius 3 is 2.39 bits per heavy atom. The first-order chi connectivity index (χ1) is 17.3. The van der Waals surface area contributed by atoms with Crippen molar-refractivity contribution < 1.29 is 19.4 Å². The van der Waals surface area contributed by atoms with Gasteiger partial charge in [0.1, 0.15) is 0 Å². The molecule has 4 rings (SSSR count). The fraction of sp³-hybridized carbons (Fsp3) is 0.217. The van der Waals surface area contributed by atoms with Gasteiger partial charge in [-0.1, -0.05) is 23.7 Å². The van der Waals surface area contributed by atoms with Gasteiger partial charge in [0, 0.05) is 66.6 Å². The SMILES string of the molecule is COCCN(CCc1csc2nc(-c3ccc(Cl)cc3)cn12)C(=O)c1cc([N+](=O)[O-])cc([N+](=O)[O-])c1. The summed E-state index contributed by atoms with van der Waals surface area (Å²) in [5, 5.41) is 25.1. The predicted octanol–water partition coefficient (Wildman–Crippen LogP) is 4.86. The summed E-state index contributed by atoms with van der Waals surface area (Å²) in [5.41, 5.74) is 1.46. The topological polar surface area (TPSA) is 133 Å². The number of methoxy groups -OCH3 is 1. The molecule has 186 valence electrons. The highest BCUT2D eigenvalue weighted by Crippen LogP contribution is 2.26. The van der Waals surface area contributed by atoms with E-state index in [1.165, 1.54) is 23.3 Å². The van der Waals surface area contributed by atoms with E-state index in [4.69, 9.17) is 16.3 Å². The van der Waals surface area contributed by atoms with Crippen LogP contribution in [0.15, 0.2) is 54.0 Å². The number of thiazole rings is 1. The third kappa shape index (κ3) is 5.51. The Kier molecular flexibility index (Phi) is 7.58. The van der Waals surface area contributed by atoms with Gasteiger partial charge in [-0.25, -0.2) is 4.98 Å². The van der Waals surface area contributed by atoms with E-state index in [-0.39, 0.29) is 25.3 Å². The molecule has 2 aromatic heterocycles. The second-order valence-electron chi connectivity index (χ2n) is 7.80. The van der Waals surface area contributed by atoms with E-state index in [9.17, 15) is 25.0 Å². The van der Waals surface area contributed by atoms with E-state index >= 15 is 0 Å². The second kappa shape index (κ2) is 10.8. The highest BCUT2D eigenvalue weighted by Gasteiger charge is 2.23. The zero-order valence-electron chi connectivity index (χ0n) is 19.0. The number of fused-ring (bicyclic) bond motifs is 1. The summed E-state index contributed by atoms with van der Waals surface area (Å²) in [7, 11) is 1.49. The number of hydrogen-bond acceptors (Lipinski definition) is 8. The number of halogens is 1. The van der Waals surface area contributed by atoms with Crippen molar-refractivity contribution in [3.8, 4) is 11.3 Å². The molecule has 0 saturated heterocycles. The zero-order chi connectivity index (χ0) is 25.8. The Bertz CT molecular complexity index is 1400. The lowest BCUT2D eigenvalue weighted by molar-refractivity contribution is -0.394. The number of amides is 1. The van der Waals surface area contributed by atoms with Crippen LogP contribution in [0.5, 0.6) is 0 Å². The van der Waals surface area contributed by atoms with Crippen molar-refractivity contribution in [2.75, 3.05) is 26.8 Å². The van der Waals surface area contributed by atoms with Gasteiger partial charge in [-0.2, -0.15) is 0 Å². The average Bonchev–Trinajstić information content (AvgIpc) is 3.45. The summed E-state index contributed by atoms with van der Waals surface area (Å²) >= 11 is 7.44. The van der Waals surface area contributed by atoms with Crippen LogP contribution in [0, 0.1) is 20.2 Å². The van der Waals surface area contributed by atoms with E-state index in [1.807, 2.05) is 28.1 Å². The van der Waals surface area contributed by atoms with Crippen molar-refractivity contribution >= 4 is 45.2 Å². The predicted molar refractivity (Wildman–Crippen MR) is 135 cm³/mol. The Morgan fingerprint density at radius 1 is 1.11 bits per heavy atom. The number of hydrogen-bond donors (Lipinski definition) is 0. The van der Waals surface area contributed by atoms with Crippen LogP contribution in [-0.2, 0) is 11.2 Å². The molecule has 0 bridgehead atoms. The fourth-order valence-corrected chi connectivity index (χ4v) is 4.68. The molecule has 0 atom stereocenters. The van der Waals surface area contributed by atoms with Gasteiger partial charge in [-0.05, 0) is 12.1 Å². The molecular weight excluding hydrogens is 510 g/mol. The molecule has 0 spiro atoms. The highest BCUT2D eigenvalue weighted by atomic mass is 35.5. The first-order valence-electron chi connectivity index (χ1n) is 10.7. The molecule has 0 saturated carbocycles. The molecular formula is C23H20ClN5O6S. The Balaban J connectivity index is 1.57. The second-order valence-corrected chi connectivity index (χ2v) is 9.07. The molecule has 36 heavy (non-hydrogen) atoms. The highest BCUT2D eigenvalue weighted by molar-refractivity contribution is 7.15. The Labute approximate surface area is 213 Å². The Hall–Kier alpha value is -3.87. The molecule has 0 aliphatic heterocycles. The molecule has 13 heteroatoms. The van der Waals surface area contributed by atoms with Gasteiger partial charge in [0.15, 0.2) is 4.96 Å². The summed E-state index contributed by atoms with van der Waals surface area (Å²) in [4.78, 5) is 41.1. The standard InChI is InChI=1S/C23H20ClN5O6S/c1-35-9-8-26(22(30)16-10-19(28(31)32)12-20(11-16)29(33)34)7-6-18-14-36-23-25-21(13-27(18)23)15-2-4-17(24)5-3-15/h2-5,10-14H,6-9H2,1H3. The largest absolute Gasteiger partial charge is 0.383 e. The molecule has 1 amide bonds. The van der Waals surface area contributed by atoms with Crippen molar-refractivity contribution in [2.45, 2.75) is 6.42 Å². The number of nitro benzene ring substituents is 2. The number of rotatable bonds is 10. The summed E-state index contributed by atoms with van der Waals surface area (Å²) in [6, 6.07) is 10.3. The third-order valence-corrected chi connectivity index (χ3v) is 6.63. The van der Waals surface area contributed by atoms with Crippen LogP contribution in [0.2, 0.25) is 5.02 Å². The monoisotopic (exact) mass is 529 g/mol. The number of nitrogens with zero attached hydrogens (tertiary/aromatic N) is 5. The van der Waals surface area contributed by atoms with Gasteiger partial charge in [0.2, 0.25) is 0 Å². The van der Waals surface area contributed by atoms with Gasteiger partial charge in [0.25, 0.3) is 17.3 Å². The van der Waals surface area contributed by atoms with Crippen LogP contribution in [0.3, 0.4) is 0 Å². The molecule has 0 unspecified atom stereocenters. The maximum absolute atomic E-state index is 13.2. The van der Waals surface area contributed by atoms with Crippen LogP contribution in [0.4, 0.5) is 11.4 Å². The van der Waals surface area contributed by atoms with Gasteiger partial charge in [0.05, 0.1) is 33.8 Å². The van der Waals surface area contributed by atoms with E-state index in [1.54, 1.807) is 12.1 Å². The molecule has 0 N–H and O–H groups in total. The number of carbonyl (C=O) groups is 1. The van der Waals surface area contributed by atoms with Crippen LogP contribution in [0.25, 0.3) is 16.2 Å². The summed E-state index contributed by atoms with van der Waals surface area (Å²) in [6.45, 7) is 0.700. The summed E-state index contributed by atoms with van der Waals surface area (Å²) in [6.07, 6.45) is 2.37. The van der Waals surface area contributed by atoms with Crippen LogP contribution in [0.1, 0.15) is 16.1 Å². The van der Waals surface area contributed by atoms with E-state index < -0.39 is 27.1 Å². The van der Waals surface area contributed by atoms with Crippen molar-refractivity contribution in [1.82, 2.24) is 14.3 Å². The van der Waals surface area contributed by atoms with Crippen molar-refractivity contribution in [3.05, 3.63) is 90.6 Å². The van der Waals surface area contributed by atoms with Gasteiger partial charge in [-0.3, -0.25) is 29.4 Å². The van der Waals surface area contributed by atoms with Crippen LogP contribution >= 0.6 is 22.9 Å². The number of carbonyl (C=O) groups excluding carboxylic acids is 1. The van der Waals surface area contributed by atoms with Gasteiger partial charge in [-0.15, -0.1) is 11.3 Å². The number of non-ortho nitro benzene ring substituents is 2. The molecule has 11 nitrogen and oxygen atoms in total. The van der Waals surface area contributed by atoms with E-state index in [2.05, 4.69) is 4.98 Å². The van der Waals surface area contributed by atoms with Crippen molar-refractivity contribution in [3.63, 3.8) is 0 Å². The quantitative estimate of drug-likeness (QED) is 0.211. The van der Waals surface area contributed by atoms with Crippen LogP contribution < -0.4 is 0 Å². The minimum Gasteiger partial charge on any atom is -0.383 e. The smallest absolute Gasteiger partial charge is 0.277 e. The first kappa shape index (κ1) is 25.2. The molecule has 0 aliphatic carbocycles. The lowest BCUT2D eigenvalue weighted by atomic mass is 10.1. The summed E-state index contributed by atoms with van der Waals surface area (Å²) in [5.74, 6) is -0.558. The third-order valence-electron chi connectivity index (χ3n) is 5.48. The molecule has 4 aromatic rings. The minimum absolute atomic E-state index is 0.130. The zero-order valence-corrected chi connectivity index (χ0v) is 20.6. The number of nitro groups is 2. The lowest BCUT2D eigenvalue weighted by Crippen LogP contribution is -2.35. The molecule has 2 heterocycles. The van der Waals surface area contributed by atoms with Crippen molar-refractivity contribution in [1.29, 1.82) is 0 Å². The first-order valence-corrected chi connectivity index (χ1v) is 12.0. The number of imidazole rings is 1. The number of aromatic nitrogens is 2. The molecule has 0 aliphatic rings. The molecule has 0 radical (unpaired) electrons. The minimum atomic E-state index is -0.761. The maximum atomic E-state index is 13.2. The van der Waals surface area contributed by atoms with Crippen molar-refractivity contribution in [2.24, 2.45) is 0 Å². The van der Waals surface area contributed by atoms with E-state index in [0.717, 1.165) is 40.1 Å². The fourth-order valence-electron chi connectivity index (χ4n) is 3.65. The van der Waals surface area contributed by atoms with Crippen LogP contribution in [-0.4, -0.2) is 56.8 Å². The lowest BCUT2D eigenvalue weighted by Gasteiger charge is -2.22. The average molecular weight is 530 g/mol. The van der Waals surface area contributed by atoms with Gasteiger partial charge >= 0.3 is 0 Å².